The van der Waals surface area contributed by atoms with Crippen LogP contribution in [0.4, 0.5) is 5.95 Å². The molecule has 0 bridgehead atoms. The standard InChI is InChI=1S/C8H15N3/c1-3-4-5-11-7(2)6-10-8(11)9/h6H,3-5H2,1-2H3,(H2,9,10). The van der Waals surface area contributed by atoms with Gasteiger partial charge < -0.3 is 10.3 Å². The minimum atomic E-state index is 0.635. The van der Waals surface area contributed by atoms with E-state index < -0.39 is 0 Å². The Labute approximate surface area is 67.2 Å². The lowest BCUT2D eigenvalue weighted by Gasteiger charge is -2.04. The minimum Gasteiger partial charge on any atom is -0.369 e. The van der Waals surface area contributed by atoms with Crippen LogP contribution in [0, 0.1) is 6.92 Å². The van der Waals surface area contributed by atoms with Gasteiger partial charge >= 0.3 is 0 Å². The van der Waals surface area contributed by atoms with Crippen LogP contribution in [0.25, 0.3) is 0 Å². The normalized spacial score (nSPS) is 10.4. The molecule has 0 aliphatic carbocycles. The Morgan fingerprint density at radius 3 is 2.82 bits per heavy atom. The van der Waals surface area contributed by atoms with Gasteiger partial charge in [-0.15, -0.1) is 0 Å². The molecule has 0 unspecified atom stereocenters. The first-order chi connectivity index (χ1) is 5.25. The number of hydrogen-bond acceptors (Lipinski definition) is 2. The van der Waals surface area contributed by atoms with Gasteiger partial charge in [0.2, 0.25) is 0 Å². The fourth-order valence-electron chi connectivity index (χ4n) is 1.09. The quantitative estimate of drug-likeness (QED) is 0.716. The lowest BCUT2D eigenvalue weighted by Crippen LogP contribution is -2.04. The fraction of sp³-hybridized carbons (Fsp3) is 0.625. The van der Waals surface area contributed by atoms with Crippen molar-refractivity contribution in [3.63, 3.8) is 0 Å². The highest BCUT2D eigenvalue weighted by Crippen LogP contribution is 2.07. The summed E-state index contributed by atoms with van der Waals surface area (Å²) in [6.07, 6.45) is 4.17. The molecular formula is C8H15N3. The van der Waals surface area contributed by atoms with E-state index in [1.807, 2.05) is 17.7 Å². The van der Waals surface area contributed by atoms with Crippen LogP contribution in [0.1, 0.15) is 25.5 Å². The molecule has 0 fully saturated rings. The molecule has 1 heterocycles. The molecule has 62 valence electrons. The number of imidazole rings is 1. The van der Waals surface area contributed by atoms with Crippen LogP contribution in [0.15, 0.2) is 6.20 Å². The van der Waals surface area contributed by atoms with Gasteiger partial charge in [-0.1, -0.05) is 13.3 Å². The second-order valence-corrected chi connectivity index (χ2v) is 2.76. The van der Waals surface area contributed by atoms with Gasteiger partial charge in [0.25, 0.3) is 0 Å². The number of rotatable bonds is 3. The van der Waals surface area contributed by atoms with Crippen LogP contribution < -0.4 is 5.73 Å². The molecule has 3 heteroatoms. The number of anilines is 1. The van der Waals surface area contributed by atoms with Crippen LogP contribution in [-0.2, 0) is 6.54 Å². The van der Waals surface area contributed by atoms with E-state index in [1.54, 1.807) is 0 Å². The molecular weight excluding hydrogens is 138 g/mol. The Kier molecular flexibility index (Phi) is 2.52. The molecule has 0 aliphatic rings. The molecule has 0 spiro atoms. The highest BCUT2D eigenvalue weighted by molar-refractivity contribution is 5.21. The second-order valence-electron chi connectivity index (χ2n) is 2.76. The maximum absolute atomic E-state index is 5.63. The van der Waals surface area contributed by atoms with Crippen LogP contribution in [0.5, 0.6) is 0 Å². The summed E-state index contributed by atoms with van der Waals surface area (Å²) < 4.78 is 2.05. The van der Waals surface area contributed by atoms with E-state index in [9.17, 15) is 0 Å². The summed E-state index contributed by atoms with van der Waals surface area (Å²) in [4.78, 5) is 4.01. The molecule has 1 rings (SSSR count). The second kappa shape index (κ2) is 3.42. The molecule has 1 aromatic heterocycles. The predicted octanol–water partition coefficient (Wildman–Crippen LogP) is 1.57. The van der Waals surface area contributed by atoms with Gasteiger partial charge in [0, 0.05) is 12.2 Å². The Bertz CT molecular complexity index is 208. The van der Waals surface area contributed by atoms with Crippen molar-refractivity contribution in [3.8, 4) is 0 Å². The Morgan fingerprint density at radius 1 is 1.64 bits per heavy atom. The van der Waals surface area contributed by atoms with E-state index in [0.29, 0.717) is 5.95 Å². The summed E-state index contributed by atoms with van der Waals surface area (Å²) in [7, 11) is 0. The van der Waals surface area contributed by atoms with E-state index in [2.05, 4.69) is 11.9 Å². The lowest BCUT2D eigenvalue weighted by atomic mass is 10.3. The summed E-state index contributed by atoms with van der Waals surface area (Å²) in [5.74, 6) is 0.635. The minimum absolute atomic E-state index is 0.635. The molecule has 0 aromatic carbocycles. The van der Waals surface area contributed by atoms with Crippen molar-refractivity contribution in [3.05, 3.63) is 11.9 Å². The predicted molar refractivity (Wildman–Crippen MR) is 46.3 cm³/mol. The van der Waals surface area contributed by atoms with Crippen molar-refractivity contribution in [2.24, 2.45) is 0 Å². The molecule has 0 saturated carbocycles. The van der Waals surface area contributed by atoms with Gasteiger partial charge in [-0.3, -0.25) is 0 Å². The number of nitrogen functional groups attached to an aromatic ring is 1. The van der Waals surface area contributed by atoms with Gasteiger partial charge in [-0.05, 0) is 13.3 Å². The maximum atomic E-state index is 5.63. The number of aromatic nitrogens is 2. The largest absolute Gasteiger partial charge is 0.369 e. The number of unbranched alkanes of at least 4 members (excludes halogenated alkanes) is 1. The van der Waals surface area contributed by atoms with Gasteiger partial charge in [0.05, 0.1) is 6.20 Å². The van der Waals surface area contributed by atoms with Gasteiger partial charge in [-0.25, -0.2) is 4.98 Å². The van der Waals surface area contributed by atoms with E-state index in [0.717, 1.165) is 12.2 Å². The summed E-state index contributed by atoms with van der Waals surface area (Å²) >= 11 is 0. The third-order valence-corrected chi connectivity index (χ3v) is 1.82. The first-order valence-corrected chi connectivity index (χ1v) is 4.03. The Hall–Kier alpha value is -0.990. The van der Waals surface area contributed by atoms with Crippen LogP contribution in [0.3, 0.4) is 0 Å². The van der Waals surface area contributed by atoms with Crippen molar-refractivity contribution in [2.45, 2.75) is 33.2 Å². The highest BCUT2D eigenvalue weighted by Gasteiger charge is 2.00. The third-order valence-electron chi connectivity index (χ3n) is 1.82. The topological polar surface area (TPSA) is 43.8 Å². The summed E-state index contributed by atoms with van der Waals surface area (Å²) in [5, 5.41) is 0. The monoisotopic (exact) mass is 153 g/mol. The van der Waals surface area contributed by atoms with Gasteiger partial charge in [0.15, 0.2) is 5.95 Å². The summed E-state index contributed by atoms with van der Waals surface area (Å²) in [6.45, 7) is 5.19. The number of nitrogens with zero attached hydrogens (tertiary/aromatic N) is 2. The zero-order chi connectivity index (χ0) is 8.27. The average Bonchev–Trinajstić information content (AvgIpc) is 2.29. The van der Waals surface area contributed by atoms with Crippen LogP contribution >= 0.6 is 0 Å². The third kappa shape index (κ3) is 1.73. The number of nitrogens with two attached hydrogens (primary N) is 1. The Balaban J connectivity index is 2.67. The zero-order valence-corrected chi connectivity index (χ0v) is 7.17. The number of aryl methyl sites for hydroxylation is 1. The molecule has 11 heavy (non-hydrogen) atoms. The molecule has 2 N–H and O–H groups in total. The van der Waals surface area contributed by atoms with Crippen molar-refractivity contribution in [1.82, 2.24) is 9.55 Å². The molecule has 0 atom stereocenters. The molecule has 1 aromatic rings. The maximum Gasteiger partial charge on any atom is 0.200 e. The zero-order valence-electron chi connectivity index (χ0n) is 7.17. The highest BCUT2D eigenvalue weighted by atomic mass is 15.1. The smallest absolute Gasteiger partial charge is 0.200 e. The van der Waals surface area contributed by atoms with E-state index in [4.69, 9.17) is 5.73 Å². The van der Waals surface area contributed by atoms with E-state index >= 15 is 0 Å². The first-order valence-electron chi connectivity index (χ1n) is 4.03. The SMILES string of the molecule is CCCCn1c(C)cnc1N. The van der Waals surface area contributed by atoms with Crippen molar-refractivity contribution in [1.29, 1.82) is 0 Å². The van der Waals surface area contributed by atoms with Crippen molar-refractivity contribution in [2.75, 3.05) is 5.73 Å². The number of hydrogen-bond donors (Lipinski definition) is 1. The molecule has 0 amide bonds. The molecule has 0 aliphatic heterocycles. The molecule has 3 nitrogen and oxygen atoms in total. The van der Waals surface area contributed by atoms with Crippen LogP contribution in [0.2, 0.25) is 0 Å². The van der Waals surface area contributed by atoms with Crippen LogP contribution in [-0.4, -0.2) is 9.55 Å². The summed E-state index contributed by atoms with van der Waals surface area (Å²) in [6, 6.07) is 0. The van der Waals surface area contributed by atoms with E-state index in [-0.39, 0.29) is 0 Å². The van der Waals surface area contributed by atoms with Crippen molar-refractivity contribution >= 4 is 5.95 Å². The first kappa shape index (κ1) is 8.11. The van der Waals surface area contributed by atoms with Crippen molar-refractivity contribution < 1.29 is 0 Å². The average molecular weight is 153 g/mol. The molecule has 0 radical (unpaired) electrons. The van der Waals surface area contributed by atoms with Gasteiger partial charge in [0.1, 0.15) is 0 Å². The summed E-state index contributed by atoms with van der Waals surface area (Å²) in [5.41, 5.74) is 6.78. The fourth-order valence-corrected chi connectivity index (χ4v) is 1.09. The Morgan fingerprint density at radius 2 is 2.36 bits per heavy atom. The molecule has 0 saturated heterocycles. The van der Waals surface area contributed by atoms with Gasteiger partial charge in [-0.2, -0.15) is 0 Å². The van der Waals surface area contributed by atoms with E-state index in [1.165, 1.54) is 12.8 Å². The lowest BCUT2D eigenvalue weighted by molar-refractivity contribution is 0.627.